The molecule has 7 heteroatoms. The van der Waals surface area contributed by atoms with Crippen molar-refractivity contribution in [2.24, 2.45) is 0 Å². The number of aromatic amines is 1. The summed E-state index contributed by atoms with van der Waals surface area (Å²) in [7, 11) is 1.76. The van der Waals surface area contributed by atoms with Gasteiger partial charge in [0, 0.05) is 30.1 Å². The predicted molar refractivity (Wildman–Crippen MR) is 107 cm³/mol. The molecule has 0 saturated carbocycles. The van der Waals surface area contributed by atoms with Crippen molar-refractivity contribution < 1.29 is 14.3 Å². The second-order valence-electron chi connectivity index (χ2n) is 7.39. The van der Waals surface area contributed by atoms with Gasteiger partial charge in [0.1, 0.15) is 6.04 Å². The number of hydrogen-bond donors (Lipinski definition) is 1. The van der Waals surface area contributed by atoms with Crippen molar-refractivity contribution in [1.29, 1.82) is 0 Å². The number of H-pyrrole nitrogens is 1. The maximum atomic E-state index is 12.9. The number of hydrogen-bond acceptors (Lipinski definition) is 4. The fourth-order valence-corrected chi connectivity index (χ4v) is 4.96. The van der Waals surface area contributed by atoms with Gasteiger partial charge < -0.3 is 19.4 Å². The summed E-state index contributed by atoms with van der Waals surface area (Å²) in [5.41, 5.74) is 4.37. The van der Waals surface area contributed by atoms with Crippen molar-refractivity contribution in [2.45, 2.75) is 18.5 Å². The number of amides is 1. The summed E-state index contributed by atoms with van der Waals surface area (Å²) in [6.45, 7) is 0.229. The molecule has 1 aromatic heterocycles. The first kappa shape index (κ1) is 15.9. The quantitative estimate of drug-likeness (QED) is 0.647. The van der Waals surface area contributed by atoms with Gasteiger partial charge in [0.25, 0.3) is 5.91 Å². The van der Waals surface area contributed by atoms with Gasteiger partial charge in [-0.2, -0.15) is 0 Å². The van der Waals surface area contributed by atoms with Crippen molar-refractivity contribution >= 4 is 34.1 Å². The number of nitrogens with one attached hydrogen (secondary N) is 1. The van der Waals surface area contributed by atoms with Crippen LogP contribution in [0.4, 0.5) is 0 Å². The molecule has 3 aliphatic rings. The maximum absolute atomic E-state index is 12.9. The van der Waals surface area contributed by atoms with E-state index in [1.165, 1.54) is 5.56 Å². The highest BCUT2D eigenvalue weighted by Gasteiger charge is 2.49. The molecule has 0 aliphatic carbocycles. The van der Waals surface area contributed by atoms with Crippen molar-refractivity contribution in [3.8, 4) is 11.5 Å². The van der Waals surface area contributed by atoms with Gasteiger partial charge in [-0.25, -0.2) is 0 Å². The Morgan fingerprint density at radius 2 is 1.96 bits per heavy atom. The number of rotatable bonds is 1. The molecule has 3 aliphatic heterocycles. The lowest BCUT2D eigenvalue weighted by Gasteiger charge is -2.37. The number of para-hydroxylation sites is 1. The molecular formula is C21H17N3O3S. The predicted octanol–water partition coefficient (Wildman–Crippen LogP) is 2.97. The van der Waals surface area contributed by atoms with E-state index in [1.807, 2.05) is 30.3 Å². The SMILES string of the molecule is CN1C(=O)[C@H]2Cc3c([nH]c4ccccc34)[C@@H](c3ccc4c(c3)OCO4)N2C1=S. The smallest absolute Gasteiger partial charge is 0.251 e. The molecule has 0 bridgehead atoms. The van der Waals surface area contributed by atoms with E-state index < -0.39 is 0 Å². The van der Waals surface area contributed by atoms with E-state index in [1.54, 1.807) is 11.9 Å². The Bertz CT molecular complexity index is 1170. The summed E-state index contributed by atoms with van der Waals surface area (Å²) in [4.78, 5) is 20.2. The lowest BCUT2D eigenvalue weighted by Crippen LogP contribution is -2.44. The largest absolute Gasteiger partial charge is 0.454 e. The Balaban J connectivity index is 1.60. The minimum Gasteiger partial charge on any atom is -0.454 e. The average molecular weight is 391 g/mol. The summed E-state index contributed by atoms with van der Waals surface area (Å²) in [6.07, 6.45) is 0.643. The van der Waals surface area contributed by atoms with E-state index in [9.17, 15) is 4.79 Å². The standard InChI is InChI=1S/C21H17N3O3S/c1-23-20(25)15-9-13-12-4-2-3-5-14(12)22-18(13)19(24(15)21(23)28)11-6-7-16-17(8-11)27-10-26-16/h2-8,15,19,22H,9-10H2,1H3/t15-,19-/m1/s1. The van der Waals surface area contributed by atoms with Crippen LogP contribution in [0.15, 0.2) is 42.5 Å². The maximum Gasteiger partial charge on any atom is 0.251 e. The molecule has 1 amide bonds. The summed E-state index contributed by atoms with van der Waals surface area (Å²) in [5.74, 6) is 1.51. The Morgan fingerprint density at radius 3 is 2.86 bits per heavy atom. The Hall–Kier alpha value is -3.06. The minimum absolute atomic E-state index is 0.0478. The van der Waals surface area contributed by atoms with Crippen LogP contribution in [0, 0.1) is 0 Å². The van der Waals surface area contributed by atoms with E-state index in [4.69, 9.17) is 21.7 Å². The van der Waals surface area contributed by atoms with E-state index >= 15 is 0 Å². The topological polar surface area (TPSA) is 57.8 Å². The van der Waals surface area contributed by atoms with Crippen LogP contribution < -0.4 is 9.47 Å². The normalized spacial score (nSPS) is 22.8. The van der Waals surface area contributed by atoms with Gasteiger partial charge in [-0.1, -0.05) is 24.3 Å². The zero-order chi connectivity index (χ0) is 19.0. The molecule has 0 unspecified atom stereocenters. The monoisotopic (exact) mass is 391 g/mol. The number of carbonyl (C=O) groups excluding carboxylic acids is 1. The molecule has 0 spiro atoms. The molecule has 2 atom stereocenters. The van der Waals surface area contributed by atoms with E-state index in [0.29, 0.717) is 11.5 Å². The van der Waals surface area contributed by atoms with Crippen LogP contribution in [0.5, 0.6) is 11.5 Å². The second-order valence-corrected chi connectivity index (χ2v) is 7.75. The summed E-state index contributed by atoms with van der Waals surface area (Å²) in [6, 6.07) is 13.7. The van der Waals surface area contributed by atoms with E-state index in [2.05, 4.69) is 22.0 Å². The van der Waals surface area contributed by atoms with E-state index in [-0.39, 0.29) is 24.8 Å². The summed E-state index contributed by atoms with van der Waals surface area (Å²) < 4.78 is 11.1. The lowest BCUT2D eigenvalue weighted by atomic mass is 9.89. The highest BCUT2D eigenvalue weighted by Crippen LogP contribution is 2.45. The highest BCUT2D eigenvalue weighted by molar-refractivity contribution is 7.80. The molecule has 3 aromatic rings. The first-order chi connectivity index (χ1) is 13.6. The highest BCUT2D eigenvalue weighted by atomic mass is 32.1. The summed E-state index contributed by atoms with van der Waals surface area (Å²) >= 11 is 5.66. The van der Waals surface area contributed by atoms with Crippen LogP contribution in [0.2, 0.25) is 0 Å². The average Bonchev–Trinajstić information content (AvgIpc) is 3.38. The third-order valence-corrected chi connectivity index (χ3v) is 6.45. The van der Waals surface area contributed by atoms with Crippen LogP contribution in [0.25, 0.3) is 10.9 Å². The second kappa shape index (κ2) is 5.48. The first-order valence-electron chi connectivity index (χ1n) is 9.22. The molecule has 28 heavy (non-hydrogen) atoms. The molecule has 1 fully saturated rings. The number of fused-ring (bicyclic) bond motifs is 5. The fraction of sp³-hybridized carbons (Fsp3) is 0.238. The number of nitrogens with zero attached hydrogens (tertiary/aromatic N) is 2. The lowest BCUT2D eigenvalue weighted by molar-refractivity contribution is -0.127. The van der Waals surface area contributed by atoms with Crippen LogP contribution in [-0.2, 0) is 11.2 Å². The van der Waals surface area contributed by atoms with Crippen molar-refractivity contribution in [3.63, 3.8) is 0 Å². The molecule has 1 saturated heterocycles. The van der Waals surface area contributed by atoms with Crippen LogP contribution in [0.1, 0.15) is 22.9 Å². The van der Waals surface area contributed by atoms with Gasteiger partial charge in [-0.15, -0.1) is 0 Å². The first-order valence-corrected chi connectivity index (χ1v) is 9.63. The van der Waals surface area contributed by atoms with E-state index in [0.717, 1.165) is 33.7 Å². The third-order valence-electron chi connectivity index (χ3n) is 5.97. The van der Waals surface area contributed by atoms with Crippen molar-refractivity contribution in [1.82, 2.24) is 14.8 Å². The molecule has 6 nitrogen and oxygen atoms in total. The molecule has 4 heterocycles. The van der Waals surface area contributed by atoms with Gasteiger partial charge >= 0.3 is 0 Å². The zero-order valence-electron chi connectivity index (χ0n) is 15.1. The minimum atomic E-state index is -0.292. The molecule has 0 radical (unpaired) electrons. The Labute approximate surface area is 166 Å². The number of thiocarbonyl (C=S) groups is 1. The number of ether oxygens (including phenoxy) is 2. The number of carbonyl (C=O) groups is 1. The number of aromatic nitrogens is 1. The van der Waals surface area contributed by atoms with Gasteiger partial charge in [0.2, 0.25) is 6.79 Å². The fourth-order valence-electron chi connectivity index (χ4n) is 4.64. The molecular weight excluding hydrogens is 374 g/mol. The molecule has 6 rings (SSSR count). The van der Waals surface area contributed by atoms with Crippen LogP contribution in [-0.4, -0.2) is 45.7 Å². The van der Waals surface area contributed by atoms with Gasteiger partial charge in [0.15, 0.2) is 16.6 Å². The Kier molecular flexibility index (Phi) is 3.12. The molecule has 1 N–H and O–H groups in total. The van der Waals surface area contributed by atoms with Crippen molar-refractivity contribution in [3.05, 3.63) is 59.3 Å². The van der Waals surface area contributed by atoms with Gasteiger partial charge in [0.05, 0.1) is 6.04 Å². The van der Waals surface area contributed by atoms with Gasteiger partial charge in [-0.3, -0.25) is 9.69 Å². The summed E-state index contributed by atoms with van der Waals surface area (Å²) in [5, 5.41) is 1.72. The third kappa shape index (κ3) is 1.97. The molecule has 2 aromatic carbocycles. The number of likely N-dealkylation sites (N-methyl/N-ethyl adjacent to an activating group) is 1. The molecule has 140 valence electrons. The zero-order valence-corrected chi connectivity index (χ0v) is 16.0. The van der Waals surface area contributed by atoms with Crippen LogP contribution >= 0.6 is 12.2 Å². The number of benzene rings is 2. The Morgan fingerprint density at radius 1 is 1.14 bits per heavy atom. The van der Waals surface area contributed by atoms with Crippen LogP contribution in [0.3, 0.4) is 0 Å². The van der Waals surface area contributed by atoms with Crippen molar-refractivity contribution in [2.75, 3.05) is 13.8 Å². The van der Waals surface area contributed by atoms with Gasteiger partial charge in [-0.05, 0) is 41.5 Å².